The topological polar surface area (TPSA) is 113 Å². The second kappa shape index (κ2) is 28.8. The van der Waals surface area contributed by atoms with Gasteiger partial charge < -0.3 is 52.5 Å². The molecule has 0 aliphatic rings. The molecule has 1 aromatic rings. The molecule has 0 heterocycles. The summed E-state index contributed by atoms with van der Waals surface area (Å²) < 4.78 is 53.6. The van der Waals surface area contributed by atoms with Gasteiger partial charge in [0.15, 0.2) is 0 Å². The van der Waals surface area contributed by atoms with E-state index in [9.17, 15) is 5.11 Å². The van der Waals surface area contributed by atoms with E-state index < -0.39 is 6.10 Å². The number of rotatable bonds is 30. The molecule has 1 aromatic carbocycles. The van der Waals surface area contributed by atoms with Gasteiger partial charge in [0, 0.05) is 7.11 Å². The second-order valence-corrected chi connectivity index (χ2v) is 8.01. The zero-order chi connectivity index (χ0) is 27.2. The number of methoxy groups -OCH3 is 1. The maximum absolute atomic E-state index is 9.86. The van der Waals surface area contributed by atoms with Gasteiger partial charge in [-0.25, -0.2) is 0 Å². The Hall–Kier alpha value is -1.22. The Morgan fingerprint density at radius 3 is 1.21 bits per heavy atom. The Labute approximate surface area is 227 Å². The lowest BCUT2D eigenvalue weighted by Crippen LogP contribution is -2.24. The van der Waals surface area contributed by atoms with Crippen molar-refractivity contribution in [3.63, 3.8) is 0 Å². The Balaban J connectivity index is 1.69. The van der Waals surface area contributed by atoms with Gasteiger partial charge >= 0.3 is 0 Å². The molecule has 0 aromatic heterocycles. The lowest BCUT2D eigenvalue weighted by Gasteiger charge is -2.12. The summed E-state index contributed by atoms with van der Waals surface area (Å²) in [7, 11) is 1.64. The van der Waals surface area contributed by atoms with Crippen molar-refractivity contribution < 1.29 is 52.5 Å². The summed E-state index contributed by atoms with van der Waals surface area (Å²) in [6.07, 6.45) is -0.691. The zero-order valence-electron chi connectivity index (χ0n) is 22.9. The van der Waals surface area contributed by atoms with Gasteiger partial charge in [-0.2, -0.15) is 0 Å². The third-order valence-electron chi connectivity index (χ3n) is 4.77. The van der Waals surface area contributed by atoms with Gasteiger partial charge in [0.05, 0.1) is 126 Å². The first-order valence-electron chi connectivity index (χ1n) is 13.2. The lowest BCUT2D eigenvalue weighted by atomic mass is 10.2. The highest BCUT2D eigenvalue weighted by Gasteiger charge is 2.04. The average molecular weight is 549 g/mol. The number of ether oxygens (including phenoxy) is 10. The number of aliphatic hydroxyl groups is 1. The molecular formula is C27H48O11. The van der Waals surface area contributed by atoms with Crippen LogP contribution >= 0.6 is 0 Å². The summed E-state index contributed by atoms with van der Waals surface area (Å²) in [5.41, 5.74) is 1.15. The summed E-state index contributed by atoms with van der Waals surface area (Å²) in [5.74, 6) is 0. The summed E-state index contributed by atoms with van der Waals surface area (Å²) in [6.45, 7) is 8.90. The van der Waals surface area contributed by atoms with Crippen LogP contribution in [0.15, 0.2) is 30.3 Å². The van der Waals surface area contributed by atoms with E-state index in [1.54, 1.807) is 7.11 Å². The molecule has 1 atom stereocenters. The quantitative estimate of drug-likeness (QED) is 0.141. The van der Waals surface area contributed by atoms with Crippen LogP contribution in [0, 0.1) is 0 Å². The minimum Gasteiger partial charge on any atom is -0.388 e. The first-order valence-corrected chi connectivity index (χ1v) is 13.2. The van der Waals surface area contributed by atoms with E-state index in [1.807, 2.05) is 30.3 Å². The van der Waals surface area contributed by atoms with Gasteiger partial charge in [-0.3, -0.25) is 0 Å². The van der Waals surface area contributed by atoms with Crippen LogP contribution in [0.4, 0.5) is 0 Å². The van der Waals surface area contributed by atoms with Crippen molar-refractivity contribution in [2.24, 2.45) is 0 Å². The number of aliphatic hydroxyl groups excluding tert-OH is 1. The van der Waals surface area contributed by atoms with Crippen LogP contribution in [0.25, 0.3) is 0 Å². The maximum Gasteiger partial charge on any atom is 0.101 e. The molecule has 1 N–H and O–H groups in total. The van der Waals surface area contributed by atoms with Crippen LogP contribution in [0.2, 0.25) is 0 Å². The van der Waals surface area contributed by atoms with Crippen LogP contribution in [0.5, 0.6) is 0 Å². The minimum absolute atomic E-state index is 0.188. The van der Waals surface area contributed by atoms with Gasteiger partial charge in [-0.15, -0.1) is 0 Å². The van der Waals surface area contributed by atoms with Crippen molar-refractivity contribution in [2.45, 2.75) is 12.7 Å². The third-order valence-corrected chi connectivity index (χ3v) is 4.77. The molecule has 0 saturated carbocycles. The Kier molecular flexibility index (Phi) is 26.4. The molecule has 0 fully saturated rings. The predicted molar refractivity (Wildman–Crippen MR) is 141 cm³/mol. The molecule has 11 nitrogen and oxygen atoms in total. The Morgan fingerprint density at radius 1 is 0.474 bits per heavy atom. The van der Waals surface area contributed by atoms with E-state index in [1.165, 1.54) is 0 Å². The van der Waals surface area contributed by atoms with E-state index in [4.69, 9.17) is 47.4 Å². The van der Waals surface area contributed by atoms with Crippen molar-refractivity contribution in [3.05, 3.63) is 35.9 Å². The molecule has 0 radical (unpaired) electrons. The SMILES string of the molecule is COCCOCCOCCOCCOCC(O)COCCOCCOCCOCCOCc1ccccc1. The highest BCUT2D eigenvalue weighted by molar-refractivity contribution is 5.13. The average Bonchev–Trinajstić information content (AvgIpc) is 2.94. The lowest BCUT2D eigenvalue weighted by molar-refractivity contribution is -0.0494. The molecule has 0 bridgehead atoms. The van der Waals surface area contributed by atoms with Gasteiger partial charge in [-0.1, -0.05) is 30.3 Å². The third kappa shape index (κ3) is 25.1. The smallest absolute Gasteiger partial charge is 0.101 e. The van der Waals surface area contributed by atoms with Crippen molar-refractivity contribution >= 4 is 0 Å². The number of hydrogen-bond acceptors (Lipinski definition) is 11. The largest absolute Gasteiger partial charge is 0.388 e. The van der Waals surface area contributed by atoms with Crippen molar-refractivity contribution in [2.75, 3.05) is 126 Å². The first-order chi connectivity index (χ1) is 18.8. The molecular weight excluding hydrogens is 500 g/mol. The van der Waals surface area contributed by atoms with Crippen LogP contribution in [-0.4, -0.2) is 137 Å². The Bertz CT molecular complexity index is 579. The molecule has 0 aliphatic heterocycles. The molecule has 1 unspecified atom stereocenters. The summed E-state index contributed by atoms with van der Waals surface area (Å²) in [6, 6.07) is 10.0. The van der Waals surface area contributed by atoms with Gasteiger partial charge in [0.1, 0.15) is 6.10 Å². The summed E-state index contributed by atoms with van der Waals surface area (Å²) in [5, 5.41) is 9.86. The van der Waals surface area contributed by atoms with Gasteiger partial charge in [-0.05, 0) is 5.56 Å². The van der Waals surface area contributed by atoms with E-state index in [0.717, 1.165) is 5.56 Å². The normalized spacial score (nSPS) is 12.3. The van der Waals surface area contributed by atoms with Crippen LogP contribution in [0.1, 0.15) is 5.56 Å². The van der Waals surface area contributed by atoms with E-state index in [-0.39, 0.29) is 13.2 Å². The summed E-state index contributed by atoms with van der Waals surface area (Å²) in [4.78, 5) is 0. The minimum atomic E-state index is -0.691. The zero-order valence-corrected chi connectivity index (χ0v) is 22.9. The molecule has 222 valence electrons. The van der Waals surface area contributed by atoms with Gasteiger partial charge in [0.2, 0.25) is 0 Å². The number of benzene rings is 1. The molecule has 0 aliphatic carbocycles. The molecule has 0 spiro atoms. The van der Waals surface area contributed by atoms with Crippen LogP contribution in [0.3, 0.4) is 0 Å². The van der Waals surface area contributed by atoms with Crippen molar-refractivity contribution in [3.8, 4) is 0 Å². The molecule has 0 saturated heterocycles. The predicted octanol–water partition coefficient (Wildman–Crippen LogP) is 1.34. The molecule has 1 rings (SSSR count). The highest BCUT2D eigenvalue weighted by atomic mass is 16.6. The molecule has 0 amide bonds. The fourth-order valence-electron chi connectivity index (χ4n) is 2.83. The first kappa shape index (κ1) is 34.8. The van der Waals surface area contributed by atoms with Gasteiger partial charge in [0.25, 0.3) is 0 Å². The van der Waals surface area contributed by atoms with E-state index in [2.05, 4.69) is 0 Å². The number of hydrogen-bond donors (Lipinski definition) is 1. The summed E-state index contributed by atoms with van der Waals surface area (Å²) >= 11 is 0. The monoisotopic (exact) mass is 548 g/mol. The standard InChI is InChI=1S/C27H48O11/c1-29-7-8-30-9-10-31-12-15-34-18-21-37-24-27(28)25-38-22-19-35-16-13-32-11-14-33-17-20-36-23-26-5-3-2-4-6-26/h2-6,27-28H,7-25H2,1H3. The molecule has 38 heavy (non-hydrogen) atoms. The van der Waals surface area contributed by atoms with E-state index >= 15 is 0 Å². The Morgan fingerprint density at radius 2 is 0.816 bits per heavy atom. The fourth-order valence-corrected chi connectivity index (χ4v) is 2.83. The second-order valence-electron chi connectivity index (χ2n) is 8.01. The van der Waals surface area contributed by atoms with E-state index in [0.29, 0.717) is 112 Å². The van der Waals surface area contributed by atoms with Crippen LogP contribution in [-0.2, 0) is 54.0 Å². The fraction of sp³-hybridized carbons (Fsp3) is 0.778. The van der Waals surface area contributed by atoms with Crippen molar-refractivity contribution in [1.29, 1.82) is 0 Å². The van der Waals surface area contributed by atoms with Crippen molar-refractivity contribution in [1.82, 2.24) is 0 Å². The highest BCUT2D eigenvalue weighted by Crippen LogP contribution is 2.00. The molecule has 11 heteroatoms. The van der Waals surface area contributed by atoms with Crippen LogP contribution < -0.4 is 0 Å². The maximum atomic E-state index is 9.86.